The van der Waals surface area contributed by atoms with Gasteiger partial charge < -0.3 is 4.48 Å². The summed E-state index contributed by atoms with van der Waals surface area (Å²) >= 11 is 0. The maximum Gasteiger partial charge on any atom is 0.0787 e. The summed E-state index contributed by atoms with van der Waals surface area (Å²) < 4.78 is 1.30. The number of quaternary nitrogens is 1. The van der Waals surface area contributed by atoms with E-state index in [9.17, 15) is 0 Å². The molecule has 1 heteroatoms. The van der Waals surface area contributed by atoms with Crippen LogP contribution in [-0.2, 0) is 6.42 Å². The predicted octanol–water partition coefficient (Wildman–Crippen LogP) is 3.50. The first-order chi connectivity index (χ1) is 8.18. The molecule has 2 rings (SSSR count). The Kier molecular flexibility index (Phi) is 4.22. The number of rotatable bonds is 4. The average Bonchev–Trinajstić information content (AvgIpc) is 2.35. The molecule has 0 N–H and O–H groups in total. The Morgan fingerprint density at radius 2 is 1.76 bits per heavy atom. The molecule has 1 aliphatic rings. The predicted molar refractivity (Wildman–Crippen MR) is 73.9 cm³/mol. The molecule has 0 saturated carbocycles. The van der Waals surface area contributed by atoms with E-state index in [4.69, 9.17) is 0 Å². The molecule has 94 valence electrons. The molecule has 1 saturated heterocycles. The summed E-state index contributed by atoms with van der Waals surface area (Å²) in [5, 5.41) is 0. The summed E-state index contributed by atoms with van der Waals surface area (Å²) in [7, 11) is 2.44. The summed E-state index contributed by atoms with van der Waals surface area (Å²) in [5.74, 6) is 0.954. The molecule has 0 spiro atoms. The second-order valence-electron chi connectivity index (χ2n) is 6.06. The molecule has 0 unspecified atom stereocenters. The second kappa shape index (κ2) is 5.68. The molecular weight excluding hydrogens is 206 g/mol. The molecule has 0 aliphatic carbocycles. The van der Waals surface area contributed by atoms with Crippen molar-refractivity contribution >= 4 is 0 Å². The van der Waals surface area contributed by atoms with Gasteiger partial charge in [-0.3, -0.25) is 0 Å². The lowest BCUT2D eigenvalue weighted by Gasteiger charge is -2.40. The van der Waals surface area contributed by atoms with E-state index in [1.807, 2.05) is 0 Å². The van der Waals surface area contributed by atoms with E-state index in [0.717, 1.165) is 5.92 Å². The zero-order chi connectivity index (χ0) is 12.1. The van der Waals surface area contributed by atoms with Crippen LogP contribution in [0.2, 0.25) is 0 Å². The van der Waals surface area contributed by atoms with Gasteiger partial charge in [0.1, 0.15) is 0 Å². The molecule has 0 aromatic heterocycles. The van der Waals surface area contributed by atoms with Crippen molar-refractivity contribution in [1.29, 1.82) is 0 Å². The monoisotopic (exact) mass is 232 g/mol. The van der Waals surface area contributed by atoms with Crippen LogP contribution in [-0.4, -0.2) is 31.2 Å². The Morgan fingerprint density at radius 1 is 1.12 bits per heavy atom. The molecular formula is C16H26N+. The van der Waals surface area contributed by atoms with E-state index < -0.39 is 0 Å². The highest BCUT2D eigenvalue weighted by atomic mass is 15.3. The minimum Gasteiger partial charge on any atom is -0.326 e. The molecule has 1 fully saturated rings. The molecule has 1 nitrogen and oxygen atoms in total. The third-order valence-corrected chi connectivity index (χ3v) is 4.33. The van der Waals surface area contributed by atoms with Crippen LogP contribution in [0.5, 0.6) is 0 Å². The highest BCUT2D eigenvalue weighted by Crippen LogP contribution is 2.22. The fourth-order valence-electron chi connectivity index (χ4n) is 2.85. The lowest BCUT2D eigenvalue weighted by Crippen LogP contribution is -2.50. The topological polar surface area (TPSA) is 0 Å². The van der Waals surface area contributed by atoms with Crippen molar-refractivity contribution in [3.63, 3.8) is 0 Å². The van der Waals surface area contributed by atoms with E-state index in [1.165, 1.54) is 55.4 Å². The number of nitrogens with zero attached hydrogens (tertiary/aromatic N) is 1. The number of hydrogen-bond donors (Lipinski definition) is 0. The van der Waals surface area contributed by atoms with Crippen LogP contribution >= 0.6 is 0 Å². The Morgan fingerprint density at radius 3 is 2.41 bits per heavy atom. The van der Waals surface area contributed by atoms with Crippen LogP contribution in [0.1, 0.15) is 31.7 Å². The minimum absolute atomic E-state index is 0.954. The molecule has 0 bridgehead atoms. The number of hydrogen-bond acceptors (Lipinski definition) is 0. The van der Waals surface area contributed by atoms with Crippen molar-refractivity contribution in [3.8, 4) is 0 Å². The maximum absolute atomic E-state index is 2.44. The normalized spacial score (nSPS) is 29.2. The first-order valence-electron chi connectivity index (χ1n) is 7.05. The molecule has 17 heavy (non-hydrogen) atoms. The third kappa shape index (κ3) is 3.85. The molecule has 1 aliphatic heterocycles. The van der Waals surface area contributed by atoms with Crippen LogP contribution < -0.4 is 0 Å². The second-order valence-corrected chi connectivity index (χ2v) is 6.06. The third-order valence-electron chi connectivity index (χ3n) is 4.33. The quantitative estimate of drug-likeness (QED) is 0.697. The van der Waals surface area contributed by atoms with Gasteiger partial charge in [0.25, 0.3) is 0 Å². The van der Waals surface area contributed by atoms with Gasteiger partial charge in [-0.15, -0.1) is 0 Å². The Hall–Kier alpha value is -0.820. The van der Waals surface area contributed by atoms with Gasteiger partial charge in [0.2, 0.25) is 0 Å². The molecule has 1 heterocycles. The summed E-state index contributed by atoms with van der Waals surface area (Å²) in [6.07, 6.45) is 5.41. The summed E-state index contributed by atoms with van der Waals surface area (Å²) in [5.41, 5.74) is 1.49. The summed E-state index contributed by atoms with van der Waals surface area (Å²) in [6.45, 7) is 6.51. The van der Waals surface area contributed by atoms with Crippen molar-refractivity contribution in [2.45, 2.75) is 32.6 Å². The zero-order valence-electron chi connectivity index (χ0n) is 11.4. The van der Waals surface area contributed by atoms with Crippen LogP contribution in [0, 0.1) is 5.92 Å². The smallest absolute Gasteiger partial charge is 0.0787 e. The maximum atomic E-state index is 2.44. The number of aryl methyl sites for hydroxylation is 1. The van der Waals surface area contributed by atoms with E-state index in [1.54, 1.807) is 0 Å². The highest BCUT2D eigenvalue weighted by molar-refractivity contribution is 5.14. The number of benzene rings is 1. The Balaban J connectivity index is 1.75. The van der Waals surface area contributed by atoms with Gasteiger partial charge in [0.05, 0.1) is 26.7 Å². The lowest BCUT2D eigenvalue weighted by molar-refractivity contribution is -0.915. The van der Waals surface area contributed by atoms with Gasteiger partial charge in [-0.1, -0.05) is 37.3 Å². The van der Waals surface area contributed by atoms with E-state index in [2.05, 4.69) is 44.3 Å². The van der Waals surface area contributed by atoms with Crippen molar-refractivity contribution in [1.82, 2.24) is 0 Å². The Labute approximate surface area is 106 Å². The van der Waals surface area contributed by atoms with Gasteiger partial charge in [-0.05, 0) is 30.7 Å². The fourth-order valence-corrected chi connectivity index (χ4v) is 2.85. The van der Waals surface area contributed by atoms with Gasteiger partial charge in [0, 0.05) is 6.42 Å². The first kappa shape index (κ1) is 12.6. The molecule has 1 aromatic rings. The van der Waals surface area contributed by atoms with Crippen LogP contribution in [0.25, 0.3) is 0 Å². The van der Waals surface area contributed by atoms with Gasteiger partial charge in [-0.25, -0.2) is 0 Å². The van der Waals surface area contributed by atoms with Crippen LogP contribution in [0.4, 0.5) is 0 Å². The minimum atomic E-state index is 0.954. The molecule has 0 atom stereocenters. The first-order valence-corrected chi connectivity index (χ1v) is 7.05. The molecule has 0 amide bonds. The largest absolute Gasteiger partial charge is 0.326 e. The van der Waals surface area contributed by atoms with Crippen molar-refractivity contribution in [3.05, 3.63) is 35.9 Å². The molecule has 0 radical (unpaired) electrons. The van der Waals surface area contributed by atoms with Gasteiger partial charge in [-0.2, -0.15) is 0 Å². The van der Waals surface area contributed by atoms with Crippen molar-refractivity contribution < 1.29 is 4.48 Å². The SMILES string of the molecule is CC1CC[N+](C)(CCCc2ccccc2)CC1. The van der Waals surface area contributed by atoms with Crippen LogP contribution in [0.3, 0.4) is 0 Å². The van der Waals surface area contributed by atoms with Crippen LogP contribution in [0.15, 0.2) is 30.3 Å². The summed E-state index contributed by atoms with van der Waals surface area (Å²) in [6, 6.07) is 10.9. The Bertz CT molecular complexity index is 323. The van der Waals surface area contributed by atoms with Crippen molar-refractivity contribution in [2.24, 2.45) is 5.92 Å². The highest BCUT2D eigenvalue weighted by Gasteiger charge is 2.27. The van der Waals surface area contributed by atoms with E-state index in [0.29, 0.717) is 0 Å². The average molecular weight is 232 g/mol. The standard InChI is InChI=1S/C16H26N/c1-15-10-13-17(2,14-11-15)12-6-9-16-7-4-3-5-8-16/h3-5,7-8,15H,6,9-14H2,1-2H3/q+1. The fraction of sp³-hybridized carbons (Fsp3) is 0.625. The number of likely N-dealkylation sites (tertiary alicyclic amines) is 1. The van der Waals surface area contributed by atoms with Gasteiger partial charge in [0.15, 0.2) is 0 Å². The van der Waals surface area contributed by atoms with E-state index in [-0.39, 0.29) is 0 Å². The van der Waals surface area contributed by atoms with Gasteiger partial charge >= 0.3 is 0 Å². The summed E-state index contributed by atoms with van der Waals surface area (Å²) in [4.78, 5) is 0. The lowest BCUT2D eigenvalue weighted by atomic mass is 9.97. The number of piperidine rings is 1. The zero-order valence-corrected chi connectivity index (χ0v) is 11.4. The van der Waals surface area contributed by atoms with Crippen molar-refractivity contribution in [2.75, 3.05) is 26.7 Å². The van der Waals surface area contributed by atoms with E-state index >= 15 is 0 Å². The molecule has 1 aromatic carbocycles.